The maximum Gasteiger partial charge on any atom is 0.0140 e. The highest BCUT2D eigenvalue weighted by molar-refractivity contribution is 5.48. The second-order valence-corrected chi connectivity index (χ2v) is 4.56. The SMILES string of the molecule is C(=C\c1ccccc1)/CNC1CCCCC1. The first-order valence-corrected chi connectivity index (χ1v) is 6.40. The largest absolute Gasteiger partial charge is 0.311 e. The van der Waals surface area contributed by atoms with Crippen LogP contribution in [-0.4, -0.2) is 12.6 Å². The molecule has 1 aromatic rings. The first kappa shape index (κ1) is 11.4. The van der Waals surface area contributed by atoms with Crippen molar-refractivity contribution in [1.29, 1.82) is 0 Å². The summed E-state index contributed by atoms with van der Waals surface area (Å²) in [7, 11) is 0. The number of rotatable bonds is 4. The Kier molecular flexibility index (Phi) is 4.63. The molecule has 16 heavy (non-hydrogen) atoms. The standard InChI is InChI=1S/C15H21N/c1-3-8-14(9-4-1)10-7-13-16-15-11-5-2-6-12-15/h1,3-4,7-10,15-16H,2,5-6,11-13H2/b10-7+. The van der Waals surface area contributed by atoms with E-state index < -0.39 is 0 Å². The molecule has 0 spiro atoms. The van der Waals surface area contributed by atoms with E-state index in [0.29, 0.717) is 0 Å². The molecule has 0 amide bonds. The Morgan fingerprint density at radius 2 is 1.81 bits per heavy atom. The lowest BCUT2D eigenvalue weighted by Crippen LogP contribution is -2.30. The molecule has 1 aliphatic rings. The summed E-state index contributed by atoms with van der Waals surface area (Å²) in [6.45, 7) is 1.000. The zero-order valence-corrected chi connectivity index (χ0v) is 9.86. The zero-order valence-electron chi connectivity index (χ0n) is 9.86. The summed E-state index contributed by atoms with van der Waals surface area (Å²) in [5.41, 5.74) is 1.29. The fraction of sp³-hybridized carbons (Fsp3) is 0.467. The number of hydrogen-bond acceptors (Lipinski definition) is 1. The van der Waals surface area contributed by atoms with Gasteiger partial charge in [0.25, 0.3) is 0 Å². The maximum atomic E-state index is 3.61. The Hall–Kier alpha value is -1.08. The molecule has 0 aliphatic heterocycles. The van der Waals surface area contributed by atoms with Gasteiger partial charge >= 0.3 is 0 Å². The average Bonchev–Trinajstić information content (AvgIpc) is 2.37. The van der Waals surface area contributed by atoms with Gasteiger partial charge in [0.2, 0.25) is 0 Å². The van der Waals surface area contributed by atoms with E-state index in [4.69, 9.17) is 0 Å². The van der Waals surface area contributed by atoms with Crippen molar-refractivity contribution in [1.82, 2.24) is 5.32 Å². The fourth-order valence-corrected chi connectivity index (χ4v) is 2.30. The number of hydrogen-bond donors (Lipinski definition) is 1. The highest BCUT2D eigenvalue weighted by atomic mass is 14.9. The molecule has 1 saturated carbocycles. The fourth-order valence-electron chi connectivity index (χ4n) is 2.30. The molecule has 0 unspecified atom stereocenters. The molecular formula is C15H21N. The Morgan fingerprint density at radius 3 is 2.56 bits per heavy atom. The second-order valence-electron chi connectivity index (χ2n) is 4.56. The predicted octanol–water partition coefficient (Wildman–Crippen LogP) is 3.62. The third-order valence-electron chi connectivity index (χ3n) is 3.24. The van der Waals surface area contributed by atoms with Crippen LogP contribution < -0.4 is 5.32 Å². The third kappa shape index (κ3) is 3.82. The van der Waals surface area contributed by atoms with Crippen LogP contribution in [0.15, 0.2) is 36.4 Å². The van der Waals surface area contributed by atoms with Gasteiger partial charge in [-0.2, -0.15) is 0 Å². The molecule has 2 rings (SSSR count). The Morgan fingerprint density at radius 1 is 1.06 bits per heavy atom. The van der Waals surface area contributed by atoms with Crippen LogP contribution in [-0.2, 0) is 0 Å². The van der Waals surface area contributed by atoms with Crippen molar-refractivity contribution >= 4 is 6.08 Å². The smallest absolute Gasteiger partial charge is 0.0140 e. The molecule has 0 saturated heterocycles. The van der Waals surface area contributed by atoms with Crippen molar-refractivity contribution in [2.45, 2.75) is 38.1 Å². The van der Waals surface area contributed by atoms with Crippen LogP contribution in [0, 0.1) is 0 Å². The van der Waals surface area contributed by atoms with Crippen molar-refractivity contribution in [3.05, 3.63) is 42.0 Å². The molecule has 0 aromatic heterocycles. The van der Waals surface area contributed by atoms with Gasteiger partial charge in [-0.3, -0.25) is 0 Å². The molecule has 0 bridgehead atoms. The van der Waals surface area contributed by atoms with Gasteiger partial charge < -0.3 is 5.32 Å². The normalized spacial score (nSPS) is 18.0. The topological polar surface area (TPSA) is 12.0 Å². The van der Waals surface area contributed by atoms with Gasteiger partial charge in [0, 0.05) is 12.6 Å². The van der Waals surface area contributed by atoms with Gasteiger partial charge in [-0.05, 0) is 18.4 Å². The lowest BCUT2D eigenvalue weighted by molar-refractivity contribution is 0.385. The number of nitrogens with one attached hydrogen (secondary N) is 1. The molecule has 0 radical (unpaired) electrons. The Labute approximate surface area is 98.6 Å². The van der Waals surface area contributed by atoms with Crippen LogP contribution in [0.2, 0.25) is 0 Å². The van der Waals surface area contributed by atoms with E-state index in [9.17, 15) is 0 Å². The van der Waals surface area contributed by atoms with E-state index in [-0.39, 0.29) is 0 Å². The van der Waals surface area contributed by atoms with E-state index in [1.165, 1.54) is 37.7 Å². The lowest BCUT2D eigenvalue weighted by atomic mass is 9.95. The first-order chi connectivity index (χ1) is 7.95. The van der Waals surface area contributed by atoms with Crippen LogP contribution in [0.5, 0.6) is 0 Å². The van der Waals surface area contributed by atoms with Gasteiger partial charge in [0.05, 0.1) is 0 Å². The molecule has 1 heteroatoms. The second kappa shape index (κ2) is 6.49. The first-order valence-electron chi connectivity index (χ1n) is 6.40. The molecule has 0 atom stereocenters. The van der Waals surface area contributed by atoms with Gasteiger partial charge in [0.1, 0.15) is 0 Å². The third-order valence-corrected chi connectivity index (χ3v) is 3.24. The molecular weight excluding hydrogens is 194 g/mol. The van der Waals surface area contributed by atoms with Gasteiger partial charge in [-0.15, -0.1) is 0 Å². The number of benzene rings is 1. The van der Waals surface area contributed by atoms with E-state index in [2.05, 4.69) is 47.8 Å². The van der Waals surface area contributed by atoms with Crippen LogP contribution >= 0.6 is 0 Å². The van der Waals surface area contributed by atoms with Crippen LogP contribution in [0.4, 0.5) is 0 Å². The average molecular weight is 215 g/mol. The molecule has 1 nitrogen and oxygen atoms in total. The summed E-state index contributed by atoms with van der Waals surface area (Å²) in [4.78, 5) is 0. The van der Waals surface area contributed by atoms with E-state index in [0.717, 1.165) is 12.6 Å². The summed E-state index contributed by atoms with van der Waals surface area (Å²) in [6, 6.07) is 11.2. The van der Waals surface area contributed by atoms with Crippen LogP contribution in [0.25, 0.3) is 6.08 Å². The summed E-state index contributed by atoms with van der Waals surface area (Å²) < 4.78 is 0. The van der Waals surface area contributed by atoms with Crippen molar-refractivity contribution in [2.75, 3.05) is 6.54 Å². The van der Waals surface area contributed by atoms with Crippen molar-refractivity contribution in [2.24, 2.45) is 0 Å². The molecule has 1 aliphatic carbocycles. The molecule has 0 heterocycles. The van der Waals surface area contributed by atoms with Gasteiger partial charge in [0.15, 0.2) is 0 Å². The van der Waals surface area contributed by atoms with Gasteiger partial charge in [-0.1, -0.05) is 61.7 Å². The van der Waals surface area contributed by atoms with Crippen molar-refractivity contribution in [3.8, 4) is 0 Å². The summed E-state index contributed by atoms with van der Waals surface area (Å²) in [5.74, 6) is 0. The van der Waals surface area contributed by atoms with Crippen LogP contribution in [0.1, 0.15) is 37.7 Å². The van der Waals surface area contributed by atoms with Crippen LogP contribution in [0.3, 0.4) is 0 Å². The minimum atomic E-state index is 0.758. The van der Waals surface area contributed by atoms with Gasteiger partial charge in [-0.25, -0.2) is 0 Å². The Balaban J connectivity index is 1.69. The lowest BCUT2D eigenvalue weighted by Gasteiger charge is -2.21. The minimum absolute atomic E-state index is 0.758. The highest BCUT2D eigenvalue weighted by Gasteiger charge is 2.10. The molecule has 1 N–H and O–H groups in total. The molecule has 86 valence electrons. The minimum Gasteiger partial charge on any atom is -0.311 e. The monoisotopic (exact) mass is 215 g/mol. The van der Waals surface area contributed by atoms with Crippen molar-refractivity contribution in [3.63, 3.8) is 0 Å². The summed E-state index contributed by atoms with van der Waals surface area (Å²) in [5, 5.41) is 3.61. The van der Waals surface area contributed by atoms with E-state index in [1.54, 1.807) is 0 Å². The highest BCUT2D eigenvalue weighted by Crippen LogP contribution is 2.17. The van der Waals surface area contributed by atoms with Crippen molar-refractivity contribution < 1.29 is 0 Å². The Bertz CT molecular complexity index is 309. The maximum absolute atomic E-state index is 3.61. The summed E-state index contributed by atoms with van der Waals surface area (Å²) in [6.07, 6.45) is 11.4. The quantitative estimate of drug-likeness (QED) is 0.809. The zero-order chi connectivity index (χ0) is 11.1. The molecule has 1 fully saturated rings. The predicted molar refractivity (Wildman–Crippen MR) is 70.4 cm³/mol. The molecule has 1 aromatic carbocycles. The summed E-state index contributed by atoms with van der Waals surface area (Å²) >= 11 is 0. The van der Waals surface area contributed by atoms with E-state index >= 15 is 0 Å². The van der Waals surface area contributed by atoms with E-state index in [1.807, 2.05) is 0 Å².